The summed E-state index contributed by atoms with van der Waals surface area (Å²) in [4.78, 5) is 13.9. The number of alkyl halides is 6. The van der Waals surface area contributed by atoms with Gasteiger partial charge in [0.1, 0.15) is 0 Å². The van der Waals surface area contributed by atoms with E-state index in [2.05, 4.69) is 5.32 Å². The average Bonchev–Trinajstić information content (AvgIpc) is 3.21. The molecule has 168 valence electrons. The van der Waals surface area contributed by atoms with Crippen LogP contribution in [-0.4, -0.2) is 41.5 Å². The van der Waals surface area contributed by atoms with Crippen LogP contribution in [0, 0.1) is 0 Å². The quantitative estimate of drug-likeness (QED) is 0.670. The van der Waals surface area contributed by atoms with Gasteiger partial charge in [-0.1, -0.05) is 54.6 Å². The summed E-state index contributed by atoms with van der Waals surface area (Å²) < 4.78 is 78.0. The summed E-state index contributed by atoms with van der Waals surface area (Å²) in [5.74, 6) is -0.235. The third-order valence-electron chi connectivity index (χ3n) is 5.38. The molecular weight excluding hydrogens is 426 g/mol. The van der Waals surface area contributed by atoms with E-state index in [9.17, 15) is 36.2 Å². The Labute approximate surface area is 174 Å². The molecule has 0 radical (unpaired) electrons. The molecule has 2 amide bonds. The van der Waals surface area contributed by atoms with Crippen LogP contribution in [-0.2, 0) is 12.1 Å². The smallest absolute Gasteiger partial charge is 0.369 e. The third-order valence-corrected chi connectivity index (χ3v) is 5.38. The van der Waals surface area contributed by atoms with Gasteiger partial charge in [0, 0.05) is 31.1 Å². The first kappa shape index (κ1) is 22.9. The Balaban J connectivity index is 1.66. The normalized spacial score (nSPS) is 17.6. The second kappa shape index (κ2) is 8.41. The highest BCUT2D eigenvalue weighted by Crippen LogP contribution is 2.50. The zero-order valence-electron chi connectivity index (χ0n) is 16.2. The van der Waals surface area contributed by atoms with Crippen molar-refractivity contribution in [3.8, 4) is 0 Å². The zero-order valence-corrected chi connectivity index (χ0v) is 16.2. The molecule has 1 aliphatic rings. The van der Waals surface area contributed by atoms with Crippen molar-refractivity contribution in [2.75, 3.05) is 13.1 Å². The molecule has 0 aliphatic carbocycles. The van der Waals surface area contributed by atoms with Crippen LogP contribution in [0.15, 0.2) is 54.6 Å². The molecule has 1 saturated heterocycles. The van der Waals surface area contributed by atoms with E-state index in [1.807, 2.05) is 30.3 Å². The van der Waals surface area contributed by atoms with E-state index in [4.69, 9.17) is 0 Å². The van der Waals surface area contributed by atoms with Crippen molar-refractivity contribution in [3.63, 3.8) is 0 Å². The number of urea groups is 1. The highest BCUT2D eigenvalue weighted by atomic mass is 19.4. The van der Waals surface area contributed by atoms with Crippen LogP contribution < -0.4 is 5.32 Å². The van der Waals surface area contributed by atoms with Gasteiger partial charge in [0.2, 0.25) is 0 Å². The molecule has 2 aromatic carbocycles. The highest BCUT2D eigenvalue weighted by Gasteiger charge is 2.71. The van der Waals surface area contributed by atoms with E-state index >= 15 is 0 Å². The lowest BCUT2D eigenvalue weighted by atomic mass is 9.89. The Morgan fingerprint density at radius 2 is 1.55 bits per heavy atom. The predicted molar refractivity (Wildman–Crippen MR) is 100 cm³/mol. The Morgan fingerprint density at radius 1 is 0.968 bits per heavy atom. The van der Waals surface area contributed by atoms with Crippen LogP contribution >= 0.6 is 0 Å². The maximum absolute atomic E-state index is 13.0. The summed E-state index contributed by atoms with van der Waals surface area (Å²) in [6.45, 7) is 1.02. The number of carbonyl (C=O) groups is 1. The number of carbonyl (C=O) groups excluding carboxylic acids is 1. The fourth-order valence-electron chi connectivity index (χ4n) is 3.59. The Morgan fingerprint density at radius 3 is 2.10 bits per heavy atom. The second-order valence-corrected chi connectivity index (χ2v) is 7.40. The lowest BCUT2D eigenvalue weighted by Gasteiger charge is -2.32. The third kappa shape index (κ3) is 4.63. The van der Waals surface area contributed by atoms with Gasteiger partial charge in [0.15, 0.2) is 0 Å². The number of nitrogens with one attached hydrogen (secondary N) is 1. The molecule has 0 saturated carbocycles. The average molecular weight is 446 g/mol. The van der Waals surface area contributed by atoms with Gasteiger partial charge >= 0.3 is 18.4 Å². The molecule has 4 nitrogen and oxygen atoms in total. The molecule has 10 heteroatoms. The van der Waals surface area contributed by atoms with Crippen molar-refractivity contribution >= 4 is 6.03 Å². The molecule has 0 bridgehead atoms. The maximum atomic E-state index is 13.0. The number of amides is 2. The number of nitrogens with zero attached hydrogens (tertiary/aromatic N) is 1. The fourth-order valence-corrected chi connectivity index (χ4v) is 3.59. The SMILES string of the molecule is O=C(NCc1ccccc1)N1CC[C@H](c2ccc(C(O)(C(F)(F)F)C(F)(F)F)cc2)C1. The molecule has 1 heterocycles. The standard InChI is InChI=1S/C21H20F6N2O2/c22-20(23,24)19(31,21(25,26)27)17-8-6-15(7-9-17)16-10-11-29(13-16)18(30)28-12-14-4-2-1-3-5-14/h1-9,16,31H,10-13H2,(H,28,30)/t16-/m0/s1. The van der Waals surface area contributed by atoms with E-state index in [0.717, 1.165) is 17.7 Å². The predicted octanol–water partition coefficient (Wildman–Crippen LogP) is 4.70. The largest absolute Gasteiger partial charge is 0.430 e. The molecule has 0 unspecified atom stereocenters. The topological polar surface area (TPSA) is 52.6 Å². The van der Waals surface area contributed by atoms with Gasteiger partial charge in [-0.05, 0) is 17.5 Å². The number of hydrogen-bond acceptors (Lipinski definition) is 2. The van der Waals surface area contributed by atoms with Crippen LogP contribution in [0.2, 0.25) is 0 Å². The van der Waals surface area contributed by atoms with E-state index < -0.39 is 23.5 Å². The van der Waals surface area contributed by atoms with Crippen LogP contribution in [0.3, 0.4) is 0 Å². The molecule has 2 N–H and O–H groups in total. The molecule has 3 rings (SSSR count). The summed E-state index contributed by atoms with van der Waals surface area (Å²) in [6, 6.07) is 12.5. The Hall–Kier alpha value is -2.75. The summed E-state index contributed by atoms with van der Waals surface area (Å²) in [5, 5.41) is 12.2. The number of likely N-dealkylation sites (tertiary alicyclic amines) is 1. The minimum absolute atomic E-state index is 0.235. The van der Waals surface area contributed by atoms with E-state index in [1.54, 1.807) is 4.90 Å². The lowest BCUT2D eigenvalue weighted by Crippen LogP contribution is -2.53. The first-order valence-electron chi connectivity index (χ1n) is 9.46. The summed E-state index contributed by atoms with van der Waals surface area (Å²) in [6.07, 6.45) is -11.3. The Kier molecular flexibility index (Phi) is 6.22. The Bertz CT molecular complexity index is 883. The summed E-state index contributed by atoms with van der Waals surface area (Å²) >= 11 is 0. The van der Waals surface area contributed by atoms with E-state index in [0.29, 0.717) is 37.2 Å². The molecule has 1 fully saturated rings. The van der Waals surface area contributed by atoms with Gasteiger partial charge < -0.3 is 15.3 Å². The molecule has 1 aliphatic heterocycles. The second-order valence-electron chi connectivity index (χ2n) is 7.40. The molecule has 31 heavy (non-hydrogen) atoms. The van der Waals surface area contributed by atoms with Crippen molar-refractivity contribution < 1.29 is 36.2 Å². The number of hydrogen-bond donors (Lipinski definition) is 2. The fraction of sp³-hybridized carbons (Fsp3) is 0.381. The maximum Gasteiger partial charge on any atom is 0.430 e. The molecule has 1 atom stereocenters. The van der Waals surface area contributed by atoms with Crippen molar-refractivity contribution in [2.45, 2.75) is 36.8 Å². The monoisotopic (exact) mass is 446 g/mol. The number of benzene rings is 2. The van der Waals surface area contributed by atoms with Gasteiger partial charge in [-0.2, -0.15) is 26.3 Å². The first-order valence-corrected chi connectivity index (χ1v) is 9.46. The first-order chi connectivity index (χ1) is 14.4. The summed E-state index contributed by atoms with van der Waals surface area (Å²) in [7, 11) is 0. The molecule has 2 aromatic rings. The van der Waals surface area contributed by atoms with Gasteiger partial charge in [0.05, 0.1) is 0 Å². The van der Waals surface area contributed by atoms with Crippen molar-refractivity contribution in [3.05, 3.63) is 71.3 Å². The van der Waals surface area contributed by atoms with Crippen LogP contribution in [0.4, 0.5) is 31.1 Å². The minimum Gasteiger partial charge on any atom is -0.369 e. The van der Waals surface area contributed by atoms with Gasteiger partial charge in [0.25, 0.3) is 5.60 Å². The number of aliphatic hydroxyl groups is 1. The molecule has 0 spiro atoms. The van der Waals surface area contributed by atoms with E-state index in [-0.39, 0.29) is 18.5 Å². The van der Waals surface area contributed by atoms with Gasteiger partial charge in [-0.25, -0.2) is 4.79 Å². The van der Waals surface area contributed by atoms with Crippen molar-refractivity contribution in [1.29, 1.82) is 0 Å². The summed E-state index contributed by atoms with van der Waals surface area (Å²) in [5.41, 5.74) is -4.83. The zero-order chi connectivity index (χ0) is 22.9. The van der Waals surface area contributed by atoms with Crippen molar-refractivity contribution in [2.24, 2.45) is 0 Å². The van der Waals surface area contributed by atoms with Gasteiger partial charge in [-0.3, -0.25) is 0 Å². The molecular formula is C21H20F6N2O2. The minimum atomic E-state index is -5.92. The highest BCUT2D eigenvalue weighted by molar-refractivity contribution is 5.74. The number of rotatable bonds is 4. The van der Waals surface area contributed by atoms with Gasteiger partial charge in [-0.15, -0.1) is 0 Å². The van der Waals surface area contributed by atoms with Crippen LogP contribution in [0.1, 0.15) is 29.0 Å². The van der Waals surface area contributed by atoms with Crippen molar-refractivity contribution in [1.82, 2.24) is 10.2 Å². The molecule has 0 aromatic heterocycles. The lowest BCUT2D eigenvalue weighted by molar-refractivity contribution is -0.376. The number of halogens is 6. The van der Waals surface area contributed by atoms with Crippen LogP contribution in [0.5, 0.6) is 0 Å². The van der Waals surface area contributed by atoms with Crippen LogP contribution in [0.25, 0.3) is 0 Å². The van der Waals surface area contributed by atoms with E-state index in [1.165, 1.54) is 0 Å².